The maximum absolute atomic E-state index is 12.8. The molecule has 0 N–H and O–H groups in total. The van der Waals surface area contributed by atoms with Crippen LogP contribution in [0.5, 0.6) is 0 Å². The number of rotatable bonds is 8. The van der Waals surface area contributed by atoms with Gasteiger partial charge in [0.05, 0.1) is 6.54 Å². The van der Waals surface area contributed by atoms with E-state index < -0.39 is 0 Å². The van der Waals surface area contributed by atoms with Crippen molar-refractivity contribution in [3.05, 3.63) is 35.4 Å². The minimum Gasteiger partial charge on any atom is -0.336 e. The molecule has 0 saturated heterocycles. The van der Waals surface area contributed by atoms with E-state index >= 15 is 0 Å². The number of amides is 1. The molecule has 1 unspecified atom stereocenters. The van der Waals surface area contributed by atoms with Crippen LogP contribution >= 0.6 is 0 Å². The number of benzene rings is 1. The molecule has 2 aliphatic carbocycles. The van der Waals surface area contributed by atoms with Crippen molar-refractivity contribution in [2.75, 3.05) is 13.6 Å². The highest BCUT2D eigenvalue weighted by Gasteiger charge is 2.41. The van der Waals surface area contributed by atoms with E-state index in [0.717, 1.165) is 18.9 Å². The third-order valence-electron chi connectivity index (χ3n) is 5.26. The number of carbonyl (C=O) groups excluding carboxylic acids is 1. The summed E-state index contributed by atoms with van der Waals surface area (Å²) in [5.74, 6) is 1.08. The van der Waals surface area contributed by atoms with Crippen LogP contribution in [-0.2, 0) is 17.8 Å². The van der Waals surface area contributed by atoms with Gasteiger partial charge in [0.25, 0.3) is 0 Å². The highest BCUT2D eigenvalue weighted by atomic mass is 16.2. The summed E-state index contributed by atoms with van der Waals surface area (Å²) >= 11 is 0. The van der Waals surface area contributed by atoms with Crippen molar-refractivity contribution in [2.24, 2.45) is 5.92 Å². The molecule has 1 amide bonds. The molecule has 2 saturated carbocycles. The van der Waals surface area contributed by atoms with Gasteiger partial charge in [0.2, 0.25) is 5.91 Å². The number of likely N-dealkylation sites (N-methyl/N-ethyl adjacent to an activating group) is 1. The lowest BCUT2D eigenvalue weighted by molar-refractivity contribution is -0.135. The van der Waals surface area contributed by atoms with Gasteiger partial charge in [-0.05, 0) is 63.1 Å². The van der Waals surface area contributed by atoms with Crippen LogP contribution in [0.2, 0.25) is 0 Å². The van der Waals surface area contributed by atoms with Crippen LogP contribution in [-0.4, -0.2) is 41.4 Å². The van der Waals surface area contributed by atoms with E-state index in [4.69, 9.17) is 0 Å². The molecular weight excluding hydrogens is 284 g/mol. The second-order valence-electron chi connectivity index (χ2n) is 7.45. The van der Waals surface area contributed by atoms with Gasteiger partial charge in [0.15, 0.2) is 0 Å². The van der Waals surface area contributed by atoms with Gasteiger partial charge in [-0.2, -0.15) is 0 Å². The molecular formula is C20H30N2O. The molecule has 1 aromatic rings. The van der Waals surface area contributed by atoms with Crippen molar-refractivity contribution in [3.8, 4) is 0 Å². The van der Waals surface area contributed by atoms with Gasteiger partial charge in [-0.15, -0.1) is 0 Å². The molecule has 3 nitrogen and oxygen atoms in total. The molecule has 0 aliphatic heterocycles. The van der Waals surface area contributed by atoms with Gasteiger partial charge < -0.3 is 4.90 Å². The summed E-state index contributed by atoms with van der Waals surface area (Å²) in [6.45, 7) is 5.79. The summed E-state index contributed by atoms with van der Waals surface area (Å²) in [6.07, 6.45) is 6.08. The van der Waals surface area contributed by atoms with Crippen LogP contribution in [0, 0.1) is 5.92 Å². The smallest absolute Gasteiger partial charge is 0.237 e. The van der Waals surface area contributed by atoms with Crippen LogP contribution in [0.15, 0.2) is 24.3 Å². The van der Waals surface area contributed by atoms with Crippen molar-refractivity contribution in [3.63, 3.8) is 0 Å². The molecule has 0 radical (unpaired) electrons. The summed E-state index contributed by atoms with van der Waals surface area (Å²) < 4.78 is 0. The monoisotopic (exact) mass is 314 g/mol. The van der Waals surface area contributed by atoms with Crippen LogP contribution in [0.25, 0.3) is 0 Å². The first kappa shape index (κ1) is 16.5. The van der Waals surface area contributed by atoms with Gasteiger partial charge in [-0.25, -0.2) is 0 Å². The molecule has 2 fully saturated rings. The zero-order valence-corrected chi connectivity index (χ0v) is 14.8. The lowest BCUT2D eigenvalue weighted by atomic mass is 10.1. The average molecular weight is 314 g/mol. The number of hydrogen-bond donors (Lipinski definition) is 0. The number of hydrogen-bond acceptors (Lipinski definition) is 2. The fourth-order valence-electron chi connectivity index (χ4n) is 3.48. The lowest BCUT2D eigenvalue weighted by Crippen LogP contribution is -2.46. The Hall–Kier alpha value is -1.35. The Kier molecular flexibility index (Phi) is 5.05. The number of nitrogens with zero attached hydrogens (tertiary/aromatic N) is 2. The maximum atomic E-state index is 12.8. The van der Waals surface area contributed by atoms with Crippen LogP contribution < -0.4 is 0 Å². The van der Waals surface area contributed by atoms with Crippen molar-refractivity contribution in [2.45, 2.75) is 64.6 Å². The van der Waals surface area contributed by atoms with E-state index in [2.05, 4.69) is 55.0 Å². The summed E-state index contributed by atoms with van der Waals surface area (Å²) in [7, 11) is 2.05. The van der Waals surface area contributed by atoms with Crippen LogP contribution in [0.4, 0.5) is 0 Å². The lowest BCUT2D eigenvalue weighted by Gasteiger charge is -2.31. The van der Waals surface area contributed by atoms with Crippen molar-refractivity contribution in [1.82, 2.24) is 9.80 Å². The molecule has 0 heterocycles. The first-order valence-electron chi connectivity index (χ1n) is 9.16. The fraction of sp³-hybridized carbons (Fsp3) is 0.650. The quantitative estimate of drug-likeness (QED) is 0.733. The van der Waals surface area contributed by atoms with E-state index in [0.29, 0.717) is 24.5 Å². The van der Waals surface area contributed by atoms with E-state index in [1.54, 1.807) is 0 Å². The highest BCUT2D eigenvalue weighted by molar-refractivity contribution is 5.79. The standard InChI is InChI=1S/C20H30N2O/c1-4-16-5-7-17(8-6-16)13-21(3)14-20(23)22(19-11-12-19)15(2)18-9-10-18/h5-8,15,18-19H,4,9-14H2,1-3H3. The summed E-state index contributed by atoms with van der Waals surface area (Å²) in [4.78, 5) is 17.1. The Bertz CT molecular complexity index is 531. The largest absolute Gasteiger partial charge is 0.336 e. The average Bonchev–Trinajstić information content (AvgIpc) is 3.39. The first-order chi connectivity index (χ1) is 11.1. The zero-order valence-electron chi connectivity index (χ0n) is 14.8. The zero-order chi connectivity index (χ0) is 16.4. The summed E-state index contributed by atoms with van der Waals surface area (Å²) in [5.41, 5.74) is 2.65. The van der Waals surface area contributed by atoms with Gasteiger partial charge in [-0.1, -0.05) is 31.2 Å². The van der Waals surface area contributed by atoms with Gasteiger partial charge in [0, 0.05) is 18.6 Å². The predicted octanol–water partition coefficient (Wildman–Crippen LogP) is 3.47. The number of aryl methyl sites for hydroxylation is 1. The van der Waals surface area contributed by atoms with Gasteiger partial charge in [0.1, 0.15) is 0 Å². The molecule has 0 aromatic heterocycles. The third-order valence-corrected chi connectivity index (χ3v) is 5.26. The third kappa shape index (κ3) is 4.35. The molecule has 1 aromatic carbocycles. The van der Waals surface area contributed by atoms with E-state index in [1.807, 2.05) is 0 Å². The Labute approximate surface area is 140 Å². The van der Waals surface area contributed by atoms with Crippen LogP contribution in [0.1, 0.15) is 50.7 Å². The fourth-order valence-corrected chi connectivity index (χ4v) is 3.48. The molecule has 1 atom stereocenters. The molecule has 2 aliphatic rings. The highest BCUT2D eigenvalue weighted by Crippen LogP contribution is 2.39. The summed E-state index contributed by atoms with van der Waals surface area (Å²) in [6, 6.07) is 9.71. The molecule has 3 rings (SSSR count). The minimum absolute atomic E-state index is 0.319. The molecule has 3 heteroatoms. The van der Waals surface area contributed by atoms with Crippen molar-refractivity contribution in [1.29, 1.82) is 0 Å². The topological polar surface area (TPSA) is 23.6 Å². The second-order valence-corrected chi connectivity index (χ2v) is 7.45. The maximum Gasteiger partial charge on any atom is 0.237 e. The van der Waals surface area contributed by atoms with E-state index in [1.165, 1.54) is 36.8 Å². The van der Waals surface area contributed by atoms with Gasteiger partial charge >= 0.3 is 0 Å². The molecule has 126 valence electrons. The predicted molar refractivity (Wildman–Crippen MR) is 94.2 cm³/mol. The van der Waals surface area contributed by atoms with Crippen molar-refractivity contribution < 1.29 is 4.79 Å². The summed E-state index contributed by atoms with van der Waals surface area (Å²) in [5, 5.41) is 0. The Balaban J connectivity index is 1.54. The molecule has 0 spiro atoms. The second kappa shape index (κ2) is 7.04. The van der Waals surface area contributed by atoms with Crippen molar-refractivity contribution >= 4 is 5.91 Å². The normalized spacial score (nSPS) is 19.0. The Morgan fingerprint density at radius 3 is 2.26 bits per heavy atom. The van der Waals surface area contributed by atoms with E-state index in [9.17, 15) is 4.79 Å². The SMILES string of the molecule is CCc1ccc(CN(C)CC(=O)N(C2CC2)C(C)C2CC2)cc1. The minimum atomic E-state index is 0.319. The van der Waals surface area contributed by atoms with Gasteiger partial charge in [-0.3, -0.25) is 9.69 Å². The Morgan fingerprint density at radius 2 is 1.74 bits per heavy atom. The first-order valence-corrected chi connectivity index (χ1v) is 9.16. The van der Waals surface area contributed by atoms with E-state index in [-0.39, 0.29) is 0 Å². The molecule has 23 heavy (non-hydrogen) atoms. The van der Waals surface area contributed by atoms with Crippen LogP contribution in [0.3, 0.4) is 0 Å². The number of carbonyl (C=O) groups is 1. The molecule has 0 bridgehead atoms. The Morgan fingerprint density at radius 1 is 1.13 bits per heavy atom.